The Morgan fingerprint density at radius 1 is 0.378 bits per heavy atom. The summed E-state index contributed by atoms with van der Waals surface area (Å²) in [7, 11) is 0. The summed E-state index contributed by atoms with van der Waals surface area (Å²) in [6.07, 6.45) is 0. The lowest BCUT2D eigenvalue weighted by Crippen LogP contribution is -2.00. The molecule has 9 rings (SSSR count). The van der Waals surface area contributed by atoms with E-state index in [0.717, 1.165) is 49.5 Å². The maximum absolute atomic E-state index is 6.36. The Kier molecular flexibility index (Phi) is 5.74. The molecule has 0 aliphatic heterocycles. The summed E-state index contributed by atoms with van der Waals surface area (Å²) in [6.45, 7) is 0. The van der Waals surface area contributed by atoms with Crippen molar-refractivity contribution in [3.8, 4) is 45.6 Å². The van der Waals surface area contributed by atoms with Gasteiger partial charge in [-0.1, -0.05) is 121 Å². The minimum atomic E-state index is 0.581. The summed E-state index contributed by atoms with van der Waals surface area (Å²) in [5.74, 6) is 2.39. The topological polar surface area (TPSA) is 64.7 Å². The predicted octanol–water partition coefficient (Wildman–Crippen LogP) is 10.1. The van der Waals surface area contributed by atoms with E-state index in [9.17, 15) is 0 Å². The molecular formula is C40H24N4O. The van der Waals surface area contributed by atoms with Gasteiger partial charge in [0.25, 0.3) is 0 Å². The standard InChI is InChI=1S/C40H24N4O/c1-3-12-27(13-4-1)37-42-38(29-22-21-26-20-19-25-11-7-8-16-30(25)33(26)23-29)44-39(43-37)34-24-35-36(32-18-10-9-17-31(32)34)45-40(41-35)28-14-5-2-6-15-28/h1-24H. The Balaban J connectivity index is 1.30. The molecule has 0 fully saturated rings. The number of hydrogen-bond acceptors (Lipinski definition) is 5. The minimum absolute atomic E-state index is 0.581. The quantitative estimate of drug-likeness (QED) is 0.195. The molecule has 7 aromatic carbocycles. The van der Waals surface area contributed by atoms with Crippen molar-refractivity contribution in [3.05, 3.63) is 146 Å². The lowest BCUT2D eigenvalue weighted by molar-refractivity contribution is 0.623. The van der Waals surface area contributed by atoms with Crippen molar-refractivity contribution in [3.63, 3.8) is 0 Å². The van der Waals surface area contributed by atoms with E-state index in [4.69, 9.17) is 24.4 Å². The van der Waals surface area contributed by atoms with Gasteiger partial charge in [-0.3, -0.25) is 0 Å². The largest absolute Gasteiger partial charge is 0.435 e. The molecule has 0 spiro atoms. The van der Waals surface area contributed by atoms with Gasteiger partial charge in [-0.15, -0.1) is 0 Å². The number of oxazole rings is 1. The van der Waals surface area contributed by atoms with Gasteiger partial charge in [-0.2, -0.15) is 0 Å². The number of hydrogen-bond donors (Lipinski definition) is 0. The normalized spacial score (nSPS) is 11.6. The van der Waals surface area contributed by atoms with E-state index >= 15 is 0 Å². The molecule has 5 nitrogen and oxygen atoms in total. The summed E-state index contributed by atoms with van der Waals surface area (Å²) >= 11 is 0. The van der Waals surface area contributed by atoms with Crippen LogP contribution in [0.4, 0.5) is 0 Å². The number of nitrogens with zero attached hydrogens (tertiary/aromatic N) is 4. The fourth-order valence-electron chi connectivity index (χ4n) is 6.13. The highest BCUT2D eigenvalue weighted by Crippen LogP contribution is 2.37. The van der Waals surface area contributed by atoms with E-state index in [1.165, 1.54) is 16.2 Å². The van der Waals surface area contributed by atoms with Gasteiger partial charge in [0, 0.05) is 27.6 Å². The Morgan fingerprint density at radius 3 is 1.73 bits per heavy atom. The lowest BCUT2D eigenvalue weighted by Gasteiger charge is -2.11. The zero-order chi connectivity index (χ0) is 29.7. The van der Waals surface area contributed by atoms with Crippen LogP contribution in [0.2, 0.25) is 0 Å². The highest BCUT2D eigenvalue weighted by molar-refractivity contribution is 6.11. The van der Waals surface area contributed by atoms with Gasteiger partial charge in [0.1, 0.15) is 5.52 Å². The van der Waals surface area contributed by atoms with E-state index in [1.54, 1.807) is 0 Å². The van der Waals surface area contributed by atoms with E-state index in [2.05, 4.69) is 66.7 Å². The molecule has 0 radical (unpaired) electrons. The third-order valence-electron chi connectivity index (χ3n) is 8.33. The number of fused-ring (bicyclic) bond motifs is 6. The molecule has 9 aromatic rings. The van der Waals surface area contributed by atoms with Crippen molar-refractivity contribution in [2.24, 2.45) is 0 Å². The smallest absolute Gasteiger partial charge is 0.227 e. The molecule has 0 aliphatic rings. The Hall–Kier alpha value is -6.20. The van der Waals surface area contributed by atoms with Gasteiger partial charge in [-0.05, 0) is 51.2 Å². The van der Waals surface area contributed by atoms with Crippen molar-refractivity contribution >= 4 is 43.4 Å². The molecule has 45 heavy (non-hydrogen) atoms. The van der Waals surface area contributed by atoms with Crippen molar-refractivity contribution in [2.45, 2.75) is 0 Å². The Bertz CT molecular complexity index is 2540. The summed E-state index contributed by atoms with van der Waals surface area (Å²) < 4.78 is 6.36. The molecule has 2 heterocycles. The molecule has 0 unspecified atom stereocenters. The maximum Gasteiger partial charge on any atom is 0.227 e. The molecule has 0 bridgehead atoms. The van der Waals surface area contributed by atoms with Crippen molar-refractivity contribution in [1.82, 2.24) is 19.9 Å². The van der Waals surface area contributed by atoms with Crippen LogP contribution in [0, 0.1) is 0 Å². The molecule has 0 atom stereocenters. The van der Waals surface area contributed by atoms with Crippen LogP contribution >= 0.6 is 0 Å². The first-order chi connectivity index (χ1) is 22.3. The number of rotatable bonds is 4. The number of benzene rings is 7. The zero-order valence-electron chi connectivity index (χ0n) is 24.1. The third kappa shape index (κ3) is 4.33. The van der Waals surface area contributed by atoms with Crippen molar-refractivity contribution in [1.29, 1.82) is 0 Å². The zero-order valence-corrected chi connectivity index (χ0v) is 24.1. The molecule has 0 saturated heterocycles. The summed E-state index contributed by atoms with van der Waals surface area (Å²) in [5.41, 5.74) is 5.15. The molecule has 0 N–H and O–H groups in total. The van der Waals surface area contributed by atoms with E-state index in [-0.39, 0.29) is 0 Å². The predicted molar refractivity (Wildman–Crippen MR) is 182 cm³/mol. The SMILES string of the molecule is c1ccc(-c2nc(-c3ccc4ccc5ccccc5c4c3)nc(-c3cc4nc(-c5ccccc5)oc4c4ccccc34)n2)cc1. The van der Waals surface area contributed by atoms with E-state index < -0.39 is 0 Å². The second-order valence-corrected chi connectivity index (χ2v) is 11.1. The van der Waals surface area contributed by atoms with Gasteiger partial charge >= 0.3 is 0 Å². The first-order valence-electron chi connectivity index (χ1n) is 14.9. The van der Waals surface area contributed by atoms with Crippen LogP contribution in [0.1, 0.15) is 0 Å². The second-order valence-electron chi connectivity index (χ2n) is 11.1. The van der Waals surface area contributed by atoms with Crippen LogP contribution < -0.4 is 0 Å². The summed E-state index contributed by atoms with van der Waals surface area (Å²) in [4.78, 5) is 20.1. The number of aromatic nitrogens is 4. The molecule has 0 amide bonds. The summed E-state index contributed by atoms with van der Waals surface area (Å²) in [6, 6.07) is 49.5. The molecule has 0 saturated carbocycles. The average molecular weight is 577 g/mol. The Morgan fingerprint density at radius 2 is 0.956 bits per heavy atom. The fraction of sp³-hybridized carbons (Fsp3) is 0. The molecular weight excluding hydrogens is 552 g/mol. The van der Waals surface area contributed by atoms with Gasteiger partial charge in [0.2, 0.25) is 5.89 Å². The maximum atomic E-state index is 6.36. The first-order valence-corrected chi connectivity index (χ1v) is 14.9. The van der Waals surface area contributed by atoms with Crippen molar-refractivity contribution < 1.29 is 4.42 Å². The van der Waals surface area contributed by atoms with Gasteiger partial charge in [-0.25, -0.2) is 19.9 Å². The Labute approximate surface area is 258 Å². The molecule has 2 aromatic heterocycles. The third-order valence-corrected chi connectivity index (χ3v) is 8.33. The molecule has 0 aliphatic carbocycles. The van der Waals surface area contributed by atoms with E-state index in [1.807, 2.05) is 78.9 Å². The van der Waals surface area contributed by atoms with Gasteiger partial charge in [0.05, 0.1) is 0 Å². The highest BCUT2D eigenvalue weighted by Gasteiger charge is 2.19. The van der Waals surface area contributed by atoms with Crippen LogP contribution in [0.25, 0.3) is 89.0 Å². The summed E-state index contributed by atoms with van der Waals surface area (Å²) in [5, 5.41) is 6.68. The fourth-order valence-corrected chi connectivity index (χ4v) is 6.13. The van der Waals surface area contributed by atoms with Crippen LogP contribution in [-0.4, -0.2) is 19.9 Å². The highest BCUT2D eigenvalue weighted by atomic mass is 16.3. The van der Waals surface area contributed by atoms with E-state index in [0.29, 0.717) is 23.4 Å². The average Bonchev–Trinajstić information content (AvgIpc) is 3.56. The monoisotopic (exact) mass is 576 g/mol. The van der Waals surface area contributed by atoms with Crippen LogP contribution in [0.5, 0.6) is 0 Å². The minimum Gasteiger partial charge on any atom is -0.435 e. The first kappa shape index (κ1) is 25.3. The van der Waals surface area contributed by atoms with Crippen molar-refractivity contribution in [2.75, 3.05) is 0 Å². The van der Waals surface area contributed by atoms with Gasteiger partial charge < -0.3 is 4.42 Å². The van der Waals surface area contributed by atoms with Crippen LogP contribution in [0.3, 0.4) is 0 Å². The van der Waals surface area contributed by atoms with Gasteiger partial charge in [0.15, 0.2) is 23.1 Å². The molecule has 5 heteroatoms. The second kappa shape index (κ2) is 10.2. The van der Waals surface area contributed by atoms with Crippen LogP contribution in [-0.2, 0) is 0 Å². The molecule has 210 valence electrons. The van der Waals surface area contributed by atoms with Crippen LogP contribution in [0.15, 0.2) is 150 Å². The lowest BCUT2D eigenvalue weighted by atomic mass is 9.99.